The van der Waals surface area contributed by atoms with E-state index in [9.17, 15) is 30.6 Å². The zero-order valence-electron chi connectivity index (χ0n) is 16.3. The minimum Gasteiger partial charge on any atom is -0.394 e. The third-order valence-electron chi connectivity index (χ3n) is 4.42. The van der Waals surface area contributed by atoms with Gasteiger partial charge in [-0.05, 0) is 13.8 Å². The molecule has 28 heavy (non-hydrogen) atoms. The first-order chi connectivity index (χ1) is 13.2. The summed E-state index contributed by atoms with van der Waals surface area (Å²) in [6, 6.07) is -1.15. The predicted octanol–water partition coefficient (Wildman–Crippen LogP) is -4.20. The molecular formula is C16H34N2O10. The maximum absolute atomic E-state index is 10.2. The molecule has 1 aliphatic heterocycles. The Morgan fingerprint density at radius 2 is 1.79 bits per heavy atom. The Kier molecular flexibility index (Phi) is 11.2. The van der Waals surface area contributed by atoms with Crippen LogP contribution in [-0.4, -0.2) is 119 Å². The number of aliphatic hydroxyl groups excluding tert-OH is 6. The number of methoxy groups -OCH3 is 1. The van der Waals surface area contributed by atoms with Gasteiger partial charge in [-0.3, -0.25) is 5.32 Å². The van der Waals surface area contributed by atoms with E-state index in [-0.39, 0.29) is 6.54 Å². The molecule has 0 amide bonds. The standard InChI is InChI=1S/C16H34N2O10/c1-7(21)15(10(6-20)26-11(25-3)4-18-8(2)22)28-16-14(24)12(17)13(23)9(5-19)27-16/h7-16,18-24H,4-6,17H2,1-3H3. The molecule has 1 aliphatic rings. The monoisotopic (exact) mass is 414 g/mol. The van der Waals surface area contributed by atoms with Gasteiger partial charge < -0.3 is 55.3 Å². The summed E-state index contributed by atoms with van der Waals surface area (Å²) in [7, 11) is 1.36. The third-order valence-corrected chi connectivity index (χ3v) is 4.42. The van der Waals surface area contributed by atoms with Crippen LogP contribution >= 0.6 is 0 Å². The van der Waals surface area contributed by atoms with E-state index in [1.54, 1.807) is 0 Å². The summed E-state index contributed by atoms with van der Waals surface area (Å²) in [5.74, 6) is 0. The highest BCUT2D eigenvalue weighted by atomic mass is 16.7. The van der Waals surface area contributed by atoms with Crippen molar-refractivity contribution in [2.75, 3.05) is 26.9 Å². The first-order valence-corrected chi connectivity index (χ1v) is 9.08. The summed E-state index contributed by atoms with van der Waals surface area (Å²) in [5.41, 5.74) is 5.74. The molecule has 1 saturated heterocycles. The number of aliphatic hydroxyl groups is 6. The molecule has 0 spiro atoms. The van der Waals surface area contributed by atoms with E-state index in [1.807, 2.05) is 0 Å². The number of nitrogens with one attached hydrogen (secondary N) is 1. The summed E-state index contributed by atoms with van der Waals surface area (Å²) in [6.45, 7) is 1.86. The van der Waals surface area contributed by atoms with Crippen molar-refractivity contribution in [2.45, 2.75) is 75.3 Å². The van der Waals surface area contributed by atoms with Gasteiger partial charge in [-0.15, -0.1) is 0 Å². The first kappa shape index (κ1) is 25.6. The summed E-state index contributed by atoms with van der Waals surface area (Å²) in [6.07, 6.45) is -10.4. The molecule has 0 aliphatic carbocycles. The summed E-state index contributed by atoms with van der Waals surface area (Å²) >= 11 is 0. The molecule has 0 radical (unpaired) electrons. The zero-order chi connectivity index (χ0) is 21.4. The summed E-state index contributed by atoms with van der Waals surface area (Å²) in [5, 5.41) is 61.2. The highest BCUT2D eigenvalue weighted by Crippen LogP contribution is 2.24. The minimum atomic E-state index is -1.45. The van der Waals surface area contributed by atoms with Crippen molar-refractivity contribution in [1.82, 2.24) is 5.32 Å². The van der Waals surface area contributed by atoms with Gasteiger partial charge in [0.1, 0.15) is 36.7 Å². The molecule has 168 valence electrons. The smallest absolute Gasteiger partial charge is 0.186 e. The molecule has 0 saturated carbocycles. The van der Waals surface area contributed by atoms with Gasteiger partial charge in [-0.1, -0.05) is 0 Å². The van der Waals surface area contributed by atoms with Crippen molar-refractivity contribution in [3.8, 4) is 0 Å². The fourth-order valence-corrected chi connectivity index (χ4v) is 2.77. The van der Waals surface area contributed by atoms with Gasteiger partial charge in [0.05, 0.1) is 25.4 Å². The van der Waals surface area contributed by atoms with Crippen LogP contribution < -0.4 is 11.1 Å². The van der Waals surface area contributed by atoms with Crippen molar-refractivity contribution in [3.63, 3.8) is 0 Å². The van der Waals surface area contributed by atoms with E-state index in [2.05, 4.69) is 5.32 Å². The van der Waals surface area contributed by atoms with Crippen LogP contribution in [0.15, 0.2) is 0 Å². The molecule has 1 rings (SSSR count). The third kappa shape index (κ3) is 7.09. The van der Waals surface area contributed by atoms with E-state index < -0.39 is 74.7 Å². The lowest BCUT2D eigenvalue weighted by molar-refractivity contribution is -0.313. The Hall–Kier alpha value is -0.480. The van der Waals surface area contributed by atoms with E-state index >= 15 is 0 Å². The van der Waals surface area contributed by atoms with E-state index in [4.69, 9.17) is 24.7 Å². The summed E-state index contributed by atoms with van der Waals surface area (Å²) in [4.78, 5) is 0. The van der Waals surface area contributed by atoms with Crippen molar-refractivity contribution in [3.05, 3.63) is 0 Å². The van der Waals surface area contributed by atoms with Crippen LogP contribution in [0.2, 0.25) is 0 Å². The molecular weight excluding hydrogens is 380 g/mol. The lowest BCUT2D eigenvalue weighted by Gasteiger charge is -2.43. The van der Waals surface area contributed by atoms with Gasteiger partial charge >= 0.3 is 0 Å². The lowest BCUT2D eigenvalue weighted by atomic mass is 9.97. The number of hydrogen-bond donors (Lipinski definition) is 8. The molecule has 0 aromatic heterocycles. The second kappa shape index (κ2) is 12.3. The second-order valence-corrected chi connectivity index (χ2v) is 6.73. The van der Waals surface area contributed by atoms with Gasteiger partial charge in [0.2, 0.25) is 0 Å². The Morgan fingerprint density at radius 3 is 2.25 bits per heavy atom. The van der Waals surface area contributed by atoms with Crippen LogP contribution in [0.1, 0.15) is 13.8 Å². The number of hydrogen-bond acceptors (Lipinski definition) is 12. The fourth-order valence-electron chi connectivity index (χ4n) is 2.77. The predicted molar refractivity (Wildman–Crippen MR) is 94.7 cm³/mol. The fraction of sp³-hybridized carbons (Fsp3) is 1.00. The van der Waals surface area contributed by atoms with Crippen LogP contribution in [0, 0.1) is 0 Å². The van der Waals surface area contributed by atoms with Crippen LogP contribution in [0.25, 0.3) is 0 Å². The molecule has 0 bridgehead atoms. The molecule has 1 heterocycles. The molecule has 0 aromatic rings. The number of ether oxygens (including phenoxy) is 4. The van der Waals surface area contributed by atoms with Crippen LogP contribution in [0.3, 0.4) is 0 Å². The highest BCUT2D eigenvalue weighted by Gasteiger charge is 2.45. The largest absolute Gasteiger partial charge is 0.394 e. The number of rotatable bonds is 12. The molecule has 9 N–H and O–H groups in total. The average molecular weight is 414 g/mol. The maximum Gasteiger partial charge on any atom is 0.186 e. The number of nitrogens with two attached hydrogens (primary N) is 1. The van der Waals surface area contributed by atoms with Gasteiger partial charge in [-0.2, -0.15) is 0 Å². The average Bonchev–Trinajstić information content (AvgIpc) is 2.66. The maximum atomic E-state index is 10.2. The van der Waals surface area contributed by atoms with Gasteiger partial charge in [-0.25, -0.2) is 0 Å². The topological polar surface area (TPSA) is 196 Å². The molecule has 0 aromatic carbocycles. The zero-order valence-corrected chi connectivity index (χ0v) is 16.3. The highest BCUT2D eigenvalue weighted by molar-refractivity contribution is 4.92. The molecule has 10 unspecified atom stereocenters. The quantitative estimate of drug-likeness (QED) is 0.144. The van der Waals surface area contributed by atoms with E-state index in [0.717, 1.165) is 0 Å². The van der Waals surface area contributed by atoms with E-state index in [0.29, 0.717) is 0 Å². The van der Waals surface area contributed by atoms with E-state index in [1.165, 1.54) is 21.0 Å². The summed E-state index contributed by atoms with van der Waals surface area (Å²) < 4.78 is 21.7. The van der Waals surface area contributed by atoms with Crippen LogP contribution in [-0.2, 0) is 18.9 Å². The van der Waals surface area contributed by atoms with Crippen LogP contribution in [0.4, 0.5) is 0 Å². The second-order valence-electron chi connectivity index (χ2n) is 6.73. The van der Waals surface area contributed by atoms with Crippen molar-refractivity contribution >= 4 is 0 Å². The lowest BCUT2D eigenvalue weighted by Crippen LogP contribution is -2.64. The van der Waals surface area contributed by atoms with Crippen molar-refractivity contribution in [1.29, 1.82) is 0 Å². The van der Waals surface area contributed by atoms with Gasteiger partial charge in [0, 0.05) is 13.7 Å². The Morgan fingerprint density at radius 1 is 1.14 bits per heavy atom. The minimum absolute atomic E-state index is 0.0867. The van der Waals surface area contributed by atoms with Crippen molar-refractivity contribution in [2.24, 2.45) is 5.73 Å². The molecule has 12 nitrogen and oxygen atoms in total. The Balaban J connectivity index is 2.85. The van der Waals surface area contributed by atoms with Crippen LogP contribution in [0.5, 0.6) is 0 Å². The molecule has 1 fully saturated rings. The Bertz CT molecular complexity index is 428. The van der Waals surface area contributed by atoms with Gasteiger partial charge in [0.15, 0.2) is 12.6 Å². The SMILES string of the molecule is COC(CNC(C)O)OC(CO)C(OC1OC(CO)C(O)C(N)C1O)C(C)O. The first-order valence-electron chi connectivity index (χ1n) is 9.08. The molecule has 12 heteroatoms. The normalized spacial score (nSPS) is 33.9. The van der Waals surface area contributed by atoms with Gasteiger partial charge in [0.25, 0.3) is 0 Å². The Labute approximate surface area is 163 Å². The van der Waals surface area contributed by atoms with Crippen molar-refractivity contribution < 1.29 is 49.6 Å². The molecule has 10 atom stereocenters.